The molecule has 0 saturated carbocycles. The summed E-state index contributed by atoms with van der Waals surface area (Å²) in [4.78, 5) is 27.0. The maximum absolute atomic E-state index is 13.8. The number of hydrogen-bond donors (Lipinski definition) is 1. The number of rotatable bonds is 3. The second kappa shape index (κ2) is 13.3. The van der Waals surface area contributed by atoms with Crippen LogP contribution in [-0.2, 0) is 18.8 Å². The predicted molar refractivity (Wildman–Crippen MR) is 155 cm³/mol. The van der Waals surface area contributed by atoms with Gasteiger partial charge in [-0.05, 0) is 59.9 Å². The summed E-state index contributed by atoms with van der Waals surface area (Å²) in [7, 11) is -2.31. The number of carbonyl (C=O) groups is 2. The fraction of sp³-hybridized carbons (Fsp3) is 0.786. The van der Waals surface area contributed by atoms with Crippen LogP contribution in [0.4, 0.5) is 0 Å². The van der Waals surface area contributed by atoms with Crippen molar-refractivity contribution in [3.05, 3.63) is 21.8 Å². The number of hydrogen-bond acceptors (Lipinski definition) is 5. The molecule has 1 heterocycles. The number of esters is 1. The van der Waals surface area contributed by atoms with E-state index in [0.29, 0.717) is 6.42 Å². The van der Waals surface area contributed by atoms with Gasteiger partial charge in [0.05, 0.1) is 18.6 Å². The number of allylic oxidation sites excluding steroid dienone is 1. The molecule has 0 radical (unpaired) electrons. The average molecular weight is 621 g/mol. The van der Waals surface area contributed by atoms with Crippen molar-refractivity contribution in [2.45, 2.75) is 124 Å². The van der Waals surface area contributed by atoms with Crippen LogP contribution in [0.15, 0.2) is 21.8 Å². The van der Waals surface area contributed by atoms with Gasteiger partial charge in [0.2, 0.25) is 0 Å². The quantitative estimate of drug-likeness (QED) is 0.154. The molecular formula is C28H49IO5Si. The Bertz CT molecular complexity index is 781. The Morgan fingerprint density at radius 3 is 2.37 bits per heavy atom. The molecule has 0 bridgehead atoms. The largest absolute Gasteiger partial charge is 0.457 e. The van der Waals surface area contributed by atoms with Gasteiger partial charge in [0.1, 0.15) is 11.9 Å². The Labute approximate surface area is 228 Å². The number of ketones is 1. The van der Waals surface area contributed by atoms with E-state index in [1.807, 2.05) is 31.8 Å². The lowest BCUT2D eigenvalue weighted by Crippen LogP contribution is -2.52. The number of aliphatic hydroxyl groups excluding tert-OH is 1. The summed E-state index contributed by atoms with van der Waals surface area (Å²) in [6, 6.07) is 0. The lowest BCUT2D eigenvalue weighted by Gasteiger charge is -2.44. The first-order valence-corrected chi connectivity index (χ1v) is 17.1. The summed E-state index contributed by atoms with van der Waals surface area (Å²) < 4.78 is 14.6. The lowest BCUT2D eigenvalue weighted by atomic mass is 9.73. The molecule has 0 spiro atoms. The van der Waals surface area contributed by atoms with Gasteiger partial charge < -0.3 is 14.3 Å². The van der Waals surface area contributed by atoms with Crippen molar-refractivity contribution in [2.24, 2.45) is 17.3 Å². The van der Waals surface area contributed by atoms with E-state index < -0.39 is 31.9 Å². The van der Waals surface area contributed by atoms with Crippen LogP contribution in [0.1, 0.15) is 87.5 Å². The lowest BCUT2D eigenvalue weighted by molar-refractivity contribution is -0.153. The molecule has 35 heavy (non-hydrogen) atoms. The topological polar surface area (TPSA) is 72.8 Å². The summed E-state index contributed by atoms with van der Waals surface area (Å²) >= 11 is 2.18. The zero-order chi connectivity index (χ0) is 27.2. The maximum Gasteiger partial charge on any atom is 0.309 e. The summed E-state index contributed by atoms with van der Waals surface area (Å²) in [5.41, 5.74) is 0.0298. The molecule has 0 saturated heterocycles. The van der Waals surface area contributed by atoms with Crippen molar-refractivity contribution in [2.75, 3.05) is 0 Å². The maximum atomic E-state index is 13.8. The Kier molecular flexibility index (Phi) is 12.4. The van der Waals surface area contributed by atoms with Crippen LogP contribution < -0.4 is 0 Å². The van der Waals surface area contributed by atoms with Gasteiger partial charge in [-0.1, -0.05) is 83.2 Å². The van der Waals surface area contributed by atoms with E-state index in [-0.39, 0.29) is 35.2 Å². The fourth-order valence-electron chi connectivity index (χ4n) is 4.19. The molecule has 0 amide bonds. The van der Waals surface area contributed by atoms with Gasteiger partial charge in [0.15, 0.2) is 8.32 Å². The van der Waals surface area contributed by atoms with Crippen LogP contribution in [-0.4, -0.2) is 43.5 Å². The minimum atomic E-state index is -2.31. The monoisotopic (exact) mass is 620 g/mol. The highest BCUT2D eigenvalue weighted by molar-refractivity contribution is 14.1. The first kappa shape index (κ1) is 32.5. The molecule has 0 aromatic heterocycles. The molecule has 1 rings (SSSR count). The fourth-order valence-corrected chi connectivity index (χ4v) is 6.04. The molecule has 0 aliphatic carbocycles. The normalized spacial score (nSPS) is 31.7. The molecule has 202 valence electrons. The molecule has 1 N–H and O–H groups in total. The Balaban J connectivity index is 3.46. The van der Waals surface area contributed by atoms with Gasteiger partial charge in [-0.3, -0.25) is 9.59 Å². The van der Waals surface area contributed by atoms with Gasteiger partial charge in [0, 0.05) is 17.8 Å². The number of Topliss-reactive ketones (excluding diaryl/α,β-unsaturated/α-hetero) is 1. The third-order valence-corrected chi connectivity index (χ3v) is 13.5. The van der Waals surface area contributed by atoms with Gasteiger partial charge in [-0.25, -0.2) is 0 Å². The van der Waals surface area contributed by atoms with E-state index in [1.165, 1.54) is 0 Å². The van der Waals surface area contributed by atoms with Gasteiger partial charge in [0.25, 0.3) is 0 Å². The molecule has 0 aromatic carbocycles. The van der Waals surface area contributed by atoms with Crippen LogP contribution in [0.2, 0.25) is 18.1 Å². The molecule has 7 heteroatoms. The van der Waals surface area contributed by atoms with Crippen molar-refractivity contribution in [3.8, 4) is 0 Å². The first-order chi connectivity index (χ1) is 16.0. The molecule has 5 nitrogen and oxygen atoms in total. The van der Waals surface area contributed by atoms with Gasteiger partial charge in [-0.15, -0.1) is 0 Å². The number of halogens is 1. The standard InChI is InChI=1S/C28H49IO5Si/c1-19-15-13-11-12-14-16-22(20(2)18-29)33-24(30)17-23(34-35(9,10)27(4,5)6)28(7,8)26(32)21(3)25(19)31/h12,14,18-19,21-23,25,31H,11,13,15-17H2,1-10H3/b14-12+,20-18+/t19-,21+,22-,23-,25-/m0/s1. The van der Waals surface area contributed by atoms with Crippen LogP contribution in [0.3, 0.4) is 0 Å². The predicted octanol–water partition coefficient (Wildman–Crippen LogP) is 7.38. The Hall–Kier alpha value is -0.513. The van der Waals surface area contributed by atoms with Crippen molar-refractivity contribution in [3.63, 3.8) is 0 Å². The summed E-state index contributed by atoms with van der Waals surface area (Å²) in [5, 5.41) is 10.9. The van der Waals surface area contributed by atoms with Crippen molar-refractivity contribution in [1.82, 2.24) is 0 Å². The zero-order valence-corrected chi connectivity index (χ0v) is 26.8. The summed E-state index contributed by atoms with van der Waals surface area (Å²) in [6.45, 7) is 20.2. The molecule has 1 aliphatic rings. The SMILES string of the molecule is C/C(=C\I)[C@@H]1C/C=C/CCC[C@H](C)[C@H](O)[C@@H](C)C(=O)C(C)(C)[C@@H](O[Si](C)(C)C(C)(C)C)CC(=O)O1. The molecule has 0 aromatic rings. The average Bonchev–Trinajstić information content (AvgIpc) is 2.76. The number of aliphatic hydroxyl groups is 1. The Morgan fingerprint density at radius 1 is 1.23 bits per heavy atom. The van der Waals surface area contributed by atoms with E-state index in [4.69, 9.17) is 9.16 Å². The van der Waals surface area contributed by atoms with E-state index in [1.54, 1.807) is 6.92 Å². The molecule has 1 aliphatic heterocycles. The van der Waals surface area contributed by atoms with Gasteiger partial charge in [-0.2, -0.15) is 0 Å². The highest BCUT2D eigenvalue weighted by atomic mass is 127. The third-order valence-electron chi connectivity index (χ3n) is 8.04. The van der Waals surface area contributed by atoms with E-state index in [9.17, 15) is 14.7 Å². The molecule has 0 fully saturated rings. The second-order valence-electron chi connectivity index (χ2n) is 12.4. The molecular weight excluding hydrogens is 571 g/mol. The van der Waals surface area contributed by atoms with Crippen LogP contribution in [0.25, 0.3) is 0 Å². The highest BCUT2D eigenvalue weighted by Gasteiger charge is 2.48. The minimum absolute atomic E-state index is 0.00163. The van der Waals surface area contributed by atoms with E-state index in [0.717, 1.165) is 24.8 Å². The Morgan fingerprint density at radius 2 is 1.83 bits per heavy atom. The van der Waals surface area contributed by atoms with Crippen molar-refractivity contribution < 1.29 is 23.9 Å². The smallest absolute Gasteiger partial charge is 0.309 e. The number of cyclic esters (lactones) is 1. The number of ether oxygens (including phenoxy) is 1. The van der Waals surface area contributed by atoms with Gasteiger partial charge >= 0.3 is 5.97 Å². The van der Waals surface area contributed by atoms with E-state index in [2.05, 4.69) is 68.6 Å². The van der Waals surface area contributed by atoms with Crippen LogP contribution >= 0.6 is 22.6 Å². The third kappa shape index (κ3) is 9.07. The van der Waals surface area contributed by atoms with Crippen LogP contribution in [0.5, 0.6) is 0 Å². The minimum Gasteiger partial charge on any atom is -0.457 e. The van der Waals surface area contributed by atoms with E-state index >= 15 is 0 Å². The summed E-state index contributed by atoms with van der Waals surface area (Å²) in [6.07, 6.45) is 5.76. The number of carbonyl (C=O) groups excluding carboxylic acids is 2. The zero-order valence-electron chi connectivity index (χ0n) is 23.6. The van der Waals surface area contributed by atoms with Crippen molar-refractivity contribution in [1.29, 1.82) is 0 Å². The second-order valence-corrected chi connectivity index (χ2v) is 17.8. The highest BCUT2D eigenvalue weighted by Crippen LogP contribution is 2.42. The van der Waals surface area contributed by atoms with Crippen LogP contribution in [0, 0.1) is 17.3 Å². The van der Waals surface area contributed by atoms with Crippen molar-refractivity contribution >= 4 is 42.7 Å². The molecule has 0 unspecified atom stereocenters. The first-order valence-electron chi connectivity index (χ1n) is 13.0. The molecule has 5 atom stereocenters. The summed E-state index contributed by atoms with van der Waals surface area (Å²) in [5.74, 6) is -0.978.